The quantitative estimate of drug-likeness (QED) is 0.946. The predicted octanol–water partition coefficient (Wildman–Crippen LogP) is 2.89. The van der Waals surface area contributed by atoms with Crippen LogP contribution < -0.4 is 5.73 Å². The average Bonchev–Trinajstić information content (AvgIpc) is 2.62. The summed E-state index contributed by atoms with van der Waals surface area (Å²) in [5.74, 6) is 0. The monoisotopic (exact) mass is 293 g/mol. The Hall–Kier alpha value is -1.13. The van der Waals surface area contributed by atoms with Gasteiger partial charge in [0.1, 0.15) is 0 Å². The predicted molar refractivity (Wildman–Crippen MR) is 73.9 cm³/mol. The zero-order valence-electron chi connectivity index (χ0n) is 10.1. The molecular weight excluding hydrogens is 278 g/mol. The molecule has 17 heavy (non-hydrogen) atoms. The number of nitrogens with two attached hydrogens (primary N) is 1. The summed E-state index contributed by atoms with van der Waals surface area (Å²) in [5.41, 5.74) is 10.4. The molecule has 2 aromatic rings. The summed E-state index contributed by atoms with van der Waals surface area (Å²) in [6, 6.07) is 6.30. The molecule has 0 bridgehead atoms. The lowest BCUT2D eigenvalue weighted by molar-refractivity contribution is 0.608. The van der Waals surface area contributed by atoms with E-state index in [4.69, 9.17) is 5.73 Å². The van der Waals surface area contributed by atoms with E-state index in [-0.39, 0.29) is 0 Å². The van der Waals surface area contributed by atoms with Gasteiger partial charge in [-0.3, -0.25) is 4.68 Å². The maximum atomic E-state index is 5.56. The summed E-state index contributed by atoms with van der Waals surface area (Å²) in [5, 5.41) is 4.37. The Morgan fingerprint density at radius 3 is 2.71 bits per heavy atom. The number of nitrogens with zero attached hydrogens (tertiary/aromatic N) is 2. The van der Waals surface area contributed by atoms with Crippen molar-refractivity contribution in [2.45, 2.75) is 20.4 Å². The first kappa shape index (κ1) is 12.3. The fourth-order valence-electron chi connectivity index (χ4n) is 1.99. The Balaban J connectivity index is 2.46. The van der Waals surface area contributed by atoms with Gasteiger partial charge in [-0.25, -0.2) is 0 Å². The topological polar surface area (TPSA) is 43.8 Å². The zero-order chi connectivity index (χ0) is 12.4. The molecule has 0 aliphatic rings. The first-order chi connectivity index (χ1) is 8.13. The van der Waals surface area contributed by atoms with Gasteiger partial charge in [-0.15, -0.1) is 0 Å². The molecule has 0 fully saturated rings. The van der Waals surface area contributed by atoms with Crippen molar-refractivity contribution in [3.8, 4) is 11.1 Å². The molecule has 0 amide bonds. The molecule has 1 heterocycles. The fourth-order valence-corrected chi connectivity index (χ4v) is 2.46. The van der Waals surface area contributed by atoms with Crippen LogP contribution in [0, 0.1) is 13.8 Å². The second-order valence-corrected chi connectivity index (χ2v) is 5.03. The maximum absolute atomic E-state index is 5.56. The zero-order valence-corrected chi connectivity index (χ0v) is 11.7. The molecule has 2 rings (SSSR count). The first-order valence-corrected chi connectivity index (χ1v) is 6.41. The van der Waals surface area contributed by atoms with Gasteiger partial charge >= 0.3 is 0 Å². The summed E-state index contributed by atoms with van der Waals surface area (Å²) in [6.45, 7) is 5.57. The second-order valence-electron chi connectivity index (χ2n) is 4.11. The van der Waals surface area contributed by atoms with E-state index in [9.17, 15) is 0 Å². The van der Waals surface area contributed by atoms with E-state index in [1.165, 1.54) is 22.4 Å². The molecule has 0 aliphatic heterocycles. The van der Waals surface area contributed by atoms with Crippen LogP contribution in [0.25, 0.3) is 11.1 Å². The molecule has 0 unspecified atom stereocenters. The van der Waals surface area contributed by atoms with Crippen LogP contribution in [0.4, 0.5) is 0 Å². The Morgan fingerprint density at radius 2 is 2.06 bits per heavy atom. The molecule has 2 N–H and O–H groups in total. The van der Waals surface area contributed by atoms with E-state index in [2.05, 4.69) is 53.1 Å². The van der Waals surface area contributed by atoms with Crippen molar-refractivity contribution < 1.29 is 0 Å². The normalized spacial score (nSPS) is 10.8. The summed E-state index contributed by atoms with van der Waals surface area (Å²) in [4.78, 5) is 0. The van der Waals surface area contributed by atoms with E-state index in [0.29, 0.717) is 6.54 Å². The molecule has 0 radical (unpaired) electrons. The van der Waals surface area contributed by atoms with Crippen molar-refractivity contribution in [1.82, 2.24) is 9.78 Å². The molecule has 0 atom stereocenters. The van der Waals surface area contributed by atoms with Crippen LogP contribution in [0.15, 0.2) is 28.9 Å². The lowest BCUT2D eigenvalue weighted by atomic mass is 10.0. The minimum atomic E-state index is 0.612. The summed E-state index contributed by atoms with van der Waals surface area (Å²) < 4.78 is 3.06. The molecule has 0 saturated carbocycles. The third kappa shape index (κ3) is 2.42. The highest BCUT2D eigenvalue weighted by molar-refractivity contribution is 9.10. The fraction of sp³-hybridized carbons (Fsp3) is 0.308. The number of aromatic nitrogens is 2. The summed E-state index contributed by atoms with van der Waals surface area (Å²) >= 11 is 3.48. The van der Waals surface area contributed by atoms with Crippen molar-refractivity contribution in [3.63, 3.8) is 0 Å². The van der Waals surface area contributed by atoms with Crippen LogP contribution in [0.5, 0.6) is 0 Å². The Labute approximate surface area is 110 Å². The van der Waals surface area contributed by atoms with Crippen LogP contribution in [0.1, 0.15) is 11.3 Å². The molecular formula is C13H16BrN3. The number of rotatable bonds is 3. The van der Waals surface area contributed by atoms with Gasteiger partial charge in [0.2, 0.25) is 0 Å². The van der Waals surface area contributed by atoms with E-state index in [0.717, 1.165) is 11.0 Å². The van der Waals surface area contributed by atoms with Crippen molar-refractivity contribution in [2.24, 2.45) is 5.73 Å². The van der Waals surface area contributed by atoms with Crippen molar-refractivity contribution >= 4 is 15.9 Å². The maximum Gasteiger partial charge on any atom is 0.0571 e. The number of halogens is 1. The second kappa shape index (κ2) is 5.02. The van der Waals surface area contributed by atoms with Crippen molar-refractivity contribution in [2.75, 3.05) is 6.54 Å². The smallest absolute Gasteiger partial charge is 0.0571 e. The van der Waals surface area contributed by atoms with E-state index in [1.807, 2.05) is 10.9 Å². The van der Waals surface area contributed by atoms with Crippen molar-refractivity contribution in [3.05, 3.63) is 40.1 Å². The van der Waals surface area contributed by atoms with E-state index in [1.54, 1.807) is 0 Å². The highest BCUT2D eigenvalue weighted by atomic mass is 79.9. The SMILES string of the molecule is Cc1cc(Br)ccc1-c1cnn(CCN)c1C. The standard InChI is InChI=1S/C13H16BrN3/c1-9-7-11(14)3-4-12(9)13-8-16-17(6-5-15)10(13)2/h3-4,7-8H,5-6,15H2,1-2H3. The number of aryl methyl sites for hydroxylation is 1. The van der Waals surface area contributed by atoms with Crippen LogP contribution in [-0.2, 0) is 6.54 Å². The van der Waals surface area contributed by atoms with Gasteiger partial charge in [-0.05, 0) is 37.1 Å². The number of hydrogen-bond donors (Lipinski definition) is 1. The minimum Gasteiger partial charge on any atom is -0.329 e. The van der Waals surface area contributed by atoms with Gasteiger partial charge < -0.3 is 5.73 Å². The van der Waals surface area contributed by atoms with Crippen LogP contribution in [-0.4, -0.2) is 16.3 Å². The lowest BCUT2D eigenvalue weighted by Gasteiger charge is -2.07. The first-order valence-electron chi connectivity index (χ1n) is 5.62. The van der Waals surface area contributed by atoms with Crippen LogP contribution >= 0.6 is 15.9 Å². The molecule has 0 spiro atoms. The number of hydrogen-bond acceptors (Lipinski definition) is 2. The van der Waals surface area contributed by atoms with Gasteiger partial charge in [0, 0.05) is 22.3 Å². The van der Waals surface area contributed by atoms with Gasteiger partial charge in [0.15, 0.2) is 0 Å². The average molecular weight is 294 g/mol. The summed E-state index contributed by atoms with van der Waals surface area (Å²) in [6.07, 6.45) is 1.92. The van der Waals surface area contributed by atoms with Crippen molar-refractivity contribution in [1.29, 1.82) is 0 Å². The molecule has 1 aromatic heterocycles. The van der Waals surface area contributed by atoms with Gasteiger partial charge in [0.25, 0.3) is 0 Å². The van der Waals surface area contributed by atoms with Gasteiger partial charge in [-0.2, -0.15) is 5.10 Å². The number of benzene rings is 1. The molecule has 0 saturated heterocycles. The molecule has 0 aliphatic carbocycles. The Kier molecular flexibility index (Phi) is 3.64. The molecule has 90 valence electrons. The molecule has 1 aromatic carbocycles. The molecule has 3 nitrogen and oxygen atoms in total. The minimum absolute atomic E-state index is 0.612. The highest BCUT2D eigenvalue weighted by Crippen LogP contribution is 2.28. The van der Waals surface area contributed by atoms with Gasteiger partial charge in [-0.1, -0.05) is 22.0 Å². The Bertz CT molecular complexity index is 531. The highest BCUT2D eigenvalue weighted by Gasteiger charge is 2.10. The molecule has 4 heteroatoms. The Morgan fingerprint density at radius 1 is 1.29 bits per heavy atom. The van der Waals surface area contributed by atoms with Gasteiger partial charge in [0.05, 0.1) is 12.7 Å². The lowest BCUT2D eigenvalue weighted by Crippen LogP contribution is -2.12. The van der Waals surface area contributed by atoms with Crippen LogP contribution in [0.2, 0.25) is 0 Å². The van der Waals surface area contributed by atoms with E-state index >= 15 is 0 Å². The third-order valence-corrected chi connectivity index (χ3v) is 3.42. The van der Waals surface area contributed by atoms with E-state index < -0.39 is 0 Å². The largest absolute Gasteiger partial charge is 0.329 e. The van der Waals surface area contributed by atoms with Crippen LogP contribution in [0.3, 0.4) is 0 Å². The summed E-state index contributed by atoms with van der Waals surface area (Å²) in [7, 11) is 0. The third-order valence-electron chi connectivity index (χ3n) is 2.92.